The maximum atomic E-state index is 11.9. The van der Waals surface area contributed by atoms with Gasteiger partial charge in [-0.25, -0.2) is 0 Å². The number of rotatable bonds is 17. The van der Waals surface area contributed by atoms with Gasteiger partial charge < -0.3 is 19.7 Å². The van der Waals surface area contributed by atoms with Crippen LogP contribution in [0.25, 0.3) is 21.5 Å². The van der Waals surface area contributed by atoms with E-state index in [0.29, 0.717) is 40.5 Å². The summed E-state index contributed by atoms with van der Waals surface area (Å²) in [6.07, 6.45) is 8.40. The predicted molar refractivity (Wildman–Crippen MR) is 152 cm³/mol. The number of ether oxygens (including phenoxy) is 2. The summed E-state index contributed by atoms with van der Waals surface area (Å²) in [5.74, 6) is 0.929. The molecule has 3 aromatic rings. The van der Waals surface area contributed by atoms with Crippen molar-refractivity contribution in [2.75, 3.05) is 13.2 Å². The summed E-state index contributed by atoms with van der Waals surface area (Å²) in [6, 6.07) is 11.7. The minimum absolute atomic E-state index is 0.0536. The normalized spacial score (nSPS) is 13.6. The number of aliphatic hydroxyl groups excluding tert-OH is 2. The Kier molecular flexibility index (Phi) is 11.6. The Morgan fingerprint density at radius 3 is 1.63 bits per heavy atom. The van der Waals surface area contributed by atoms with Gasteiger partial charge in [0.25, 0.3) is 10.1 Å². The Morgan fingerprint density at radius 1 is 0.684 bits per heavy atom. The van der Waals surface area contributed by atoms with Crippen LogP contribution in [-0.2, 0) is 10.1 Å². The topological polar surface area (TPSA) is 113 Å². The van der Waals surface area contributed by atoms with E-state index in [1.54, 1.807) is 6.07 Å². The highest BCUT2D eigenvalue weighted by atomic mass is 32.2. The SMILES string of the molecule is CCCCCCC(O)COc1c2ccccc2c(OCC(O)CCCCCC)c2cc(S(=O)(=O)O)ccc12. The Labute approximate surface area is 226 Å². The molecule has 0 radical (unpaired) electrons. The van der Waals surface area contributed by atoms with Gasteiger partial charge in [-0.2, -0.15) is 8.42 Å². The molecule has 0 aliphatic carbocycles. The molecule has 0 fully saturated rings. The quantitative estimate of drug-likeness (QED) is 0.0985. The van der Waals surface area contributed by atoms with Crippen LogP contribution in [0.4, 0.5) is 0 Å². The number of unbranched alkanes of at least 4 members (excludes halogenated alkanes) is 6. The molecule has 2 unspecified atom stereocenters. The molecule has 0 aromatic heterocycles. The first-order valence-corrected chi connectivity index (χ1v) is 15.3. The summed E-state index contributed by atoms with van der Waals surface area (Å²) in [7, 11) is -4.45. The molecule has 0 aliphatic rings. The monoisotopic (exact) mass is 546 g/mol. The van der Waals surface area contributed by atoms with Gasteiger partial charge >= 0.3 is 0 Å². The molecule has 0 aliphatic heterocycles. The lowest BCUT2D eigenvalue weighted by atomic mass is 10.0. The van der Waals surface area contributed by atoms with Crippen molar-refractivity contribution >= 4 is 31.7 Å². The first-order valence-electron chi connectivity index (χ1n) is 13.8. The van der Waals surface area contributed by atoms with Gasteiger partial charge in [-0.15, -0.1) is 0 Å². The number of benzene rings is 3. The third-order valence-electron chi connectivity index (χ3n) is 6.82. The van der Waals surface area contributed by atoms with Crippen molar-refractivity contribution in [1.29, 1.82) is 0 Å². The van der Waals surface area contributed by atoms with Crippen LogP contribution in [0, 0.1) is 0 Å². The van der Waals surface area contributed by atoms with Crippen LogP contribution >= 0.6 is 0 Å². The molecule has 0 saturated carbocycles. The lowest BCUT2D eigenvalue weighted by molar-refractivity contribution is 0.0978. The van der Waals surface area contributed by atoms with Crippen LogP contribution in [0.5, 0.6) is 11.5 Å². The van der Waals surface area contributed by atoms with Gasteiger partial charge in [0.15, 0.2) is 0 Å². The molecule has 7 nitrogen and oxygen atoms in total. The molecular formula is C30H42O7S. The minimum atomic E-state index is -4.45. The fourth-order valence-electron chi connectivity index (χ4n) is 4.69. The van der Waals surface area contributed by atoms with Gasteiger partial charge in [0, 0.05) is 21.5 Å². The van der Waals surface area contributed by atoms with Crippen LogP contribution in [0.1, 0.15) is 78.1 Å². The molecule has 0 bridgehead atoms. The highest BCUT2D eigenvalue weighted by molar-refractivity contribution is 7.85. The van der Waals surface area contributed by atoms with E-state index >= 15 is 0 Å². The molecule has 8 heteroatoms. The second-order valence-corrected chi connectivity index (χ2v) is 11.4. The van der Waals surface area contributed by atoms with Gasteiger partial charge in [0.1, 0.15) is 24.7 Å². The number of hydrogen-bond donors (Lipinski definition) is 3. The maximum absolute atomic E-state index is 11.9. The highest BCUT2D eigenvalue weighted by Gasteiger charge is 2.21. The van der Waals surface area contributed by atoms with Crippen LogP contribution in [0.3, 0.4) is 0 Å². The lowest BCUT2D eigenvalue weighted by Gasteiger charge is -2.20. The summed E-state index contributed by atoms with van der Waals surface area (Å²) in [4.78, 5) is -0.257. The standard InChI is InChI=1S/C30H42O7S/c1-3-5-7-9-13-22(31)20-36-29-25-15-11-12-16-26(25)30(37-21-23(32)14-10-8-6-4-2)28-19-24(38(33,34)35)17-18-27(28)29/h11-12,15-19,22-23,31-32H,3-10,13-14,20-21H2,1-2H3,(H,33,34,35). The predicted octanol–water partition coefficient (Wildman–Crippen LogP) is 6.66. The van der Waals surface area contributed by atoms with Crippen molar-refractivity contribution in [3.8, 4) is 11.5 Å². The molecule has 3 N–H and O–H groups in total. The molecular weight excluding hydrogens is 504 g/mol. The first-order chi connectivity index (χ1) is 18.3. The molecule has 38 heavy (non-hydrogen) atoms. The fourth-order valence-corrected chi connectivity index (χ4v) is 5.20. The van der Waals surface area contributed by atoms with E-state index in [-0.39, 0.29) is 18.1 Å². The Hall–Kier alpha value is -2.39. The Morgan fingerprint density at radius 2 is 1.16 bits per heavy atom. The third kappa shape index (κ3) is 8.30. The van der Waals surface area contributed by atoms with Gasteiger partial charge in [-0.1, -0.05) is 89.5 Å². The van der Waals surface area contributed by atoms with Crippen molar-refractivity contribution in [2.45, 2.75) is 95.2 Å². The number of aliphatic hydroxyl groups is 2. The summed E-state index contributed by atoms with van der Waals surface area (Å²) >= 11 is 0. The van der Waals surface area contributed by atoms with E-state index < -0.39 is 22.3 Å². The number of hydrogen-bond acceptors (Lipinski definition) is 6. The molecule has 0 saturated heterocycles. The summed E-state index contributed by atoms with van der Waals surface area (Å²) < 4.78 is 45.9. The average molecular weight is 547 g/mol. The van der Waals surface area contributed by atoms with E-state index in [1.807, 2.05) is 24.3 Å². The van der Waals surface area contributed by atoms with Gasteiger partial charge in [0.2, 0.25) is 0 Å². The smallest absolute Gasteiger partial charge is 0.294 e. The second-order valence-electron chi connectivity index (χ2n) is 10.0. The van der Waals surface area contributed by atoms with E-state index in [2.05, 4.69) is 13.8 Å². The van der Waals surface area contributed by atoms with Crippen LogP contribution in [0.2, 0.25) is 0 Å². The largest absolute Gasteiger partial charge is 0.490 e. The van der Waals surface area contributed by atoms with Crippen molar-refractivity contribution in [2.24, 2.45) is 0 Å². The highest BCUT2D eigenvalue weighted by Crippen LogP contribution is 2.43. The summed E-state index contributed by atoms with van der Waals surface area (Å²) in [5.41, 5.74) is 0. The zero-order valence-electron chi connectivity index (χ0n) is 22.6. The van der Waals surface area contributed by atoms with E-state index in [1.165, 1.54) is 12.1 Å². The first kappa shape index (κ1) is 30.2. The van der Waals surface area contributed by atoms with E-state index in [9.17, 15) is 23.2 Å². The molecule has 0 heterocycles. The Bertz CT molecular complexity index is 1270. The van der Waals surface area contributed by atoms with Crippen molar-refractivity contribution < 1.29 is 32.7 Å². The van der Waals surface area contributed by atoms with Crippen molar-refractivity contribution in [3.63, 3.8) is 0 Å². The van der Waals surface area contributed by atoms with Crippen LogP contribution in [0.15, 0.2) is 47.4 Å². The lowest BCUT2D eigenvalue weighted by Crippen LogP contribution is -2.18. The zero-order chi connectivity index (χ0) is 27.5. The zero-order valence-corrected chi connectivity index (χ0v) is 23.4. The average Bonchev–Trinajstić information content (AvgIpc) is 2.90. The number of fused-ring (bicyclic) bond motifs is 2. The molecule has 0 amide bonds. The molecule has 3 rings (SSSR count). The van der Waals surface area contributed by atoms with Gasteiger partial charge in [0.05, 0.1) is 17.1 Å². The minimum Gasteiger partial charge on any atom is -0.490 e. The molecule has 210 valence electrons. The van der Waals surface area contributed by atoms with Crippen LogP contribution < -0.4 is 9.47 Å². The third-order valence-corrected chi connectivity index (χ3v) is 7.67. The van der Waals surface area contributed by atoms with Crippen molar-refractivity contribution in [3.05, 3.63) is 42.5 Å². The van der Waals surface area contributed by atoms with Crippen LogP contribution in [-0.4, -0.2) is 48.6 Å². The second kappa shape index (κ2) is 14.7. The van der Waals surface area contributed by atoms with Gasteiger partial charge in [-0.3, -0.25) is 4.55 Å². The van der Waals surface area contributed by atoms with Gasteiger partial charge in [-0.05, 0) is 31.0 Å². The Balaban J connectivity index is 1.96. The molecule has 0 spiro atoms. The van der Waals surface area contributed by atoms with E-state index in [0.717, 1.165) is 56.8 Å². The fraction of sp³-hybridized carbons (Fsp3) is 0.533. The molecule has 3 aromatic carbocycles. The van der Waals surface area contributed by atoms with E-state index in [4.69, 9.17) is 9.47 Å². The van der Waals surface area contributed by atoms with Crippen molar-refractivity contribution in [1.82, 2.24) is 0 Å². The molecule has 2 atom stereocenters. The maximum Gasteiger partial charge on any atom is 0.294 e. The summed E-state index contributed by atoms with van der Waals surface area (Å²) in [6.45, 7) is 4.43. The summed E-state index contributed by atoms with van der Waals surface area (Å²) in [5, 5.41) is 23.5.